The van der Waals surface area contributed by atoms with Gasteiger partial charge in [0.2, 0.25) is 17.7 Å². The van der Waals surface area contributed by atoms with Gasteiger partial charge in [-0.05, 0) is 29.7 Å². The Labute approximate surface area is 200 Å². The van der Waals surface area contributed by atoms with E-state index in [0.29, 0.717) is 10.6 Å². The quantitative estimate of drug-likeness (QED) is 0.194. The maximum Gasteiger partial charge on any atom is 0.247 e. The average Bonchev–Trinajstić information content (AvgIpc) is 3.23. The molecule has 3 amide bonds. The summed E-state index contributed by atoms with van der Waals surface area (Å²) >= 11 is 6.21. The van der Waals surface area contributed by atoms with E-state index in [0.717, 1.165) is 26.4 Å². The predicted octanol–water partition coefficient (Wildman–Crippen LogP) is 1.41. The minimum Gasteiger partial charge on any atom is -0.361 e. The molecule has 1 aliphatic heterocycles. The smallest absolute Gasteiger partial charge is 0.247 e. The number of H-pyrrole nitrogens is 1. The number of hydrazine groups is 1. The van der Waals surface area contributed by atoms with E-state index in [1.807, 2.05) is 24.3 Å². The lowest BCUT2D eigenvalue weighted by atomic mass is 9.93. The van der Waals surface area contributed by atoms with Crippen molar-refractivity contribution in [2.24, 2.45) is 11.8 Å². The lowest BCUT2D eigenvalue weighted by molar-refractivity contribution is -0.147. The number of benzene rings is 2. The Kier molecular flexibility index (Phi) is 6.95. The number of nitrogens with two attached hydrogens (primary N) is 1. The first-order valence-corrected chi connectivity index (χ1v) is 11.1. The molecule has 1 aliphatic rings. The molecule has 2 heterocycles. The van der Waals surface area contributed by atoms with Gasteiger partial charge in [0, 0.05) is 22.1 Å². The van der Waals surface area contributed by atoms with E-state index in [2.05, 4.69) is 10.3 Å². The number of hydrogen-bond acceptors (Lipinski definition) is 5. The van der Waals surface area contributed by atoms with E-state index < -0.39 is 17.6 Å². The van der Waals surface area contributed by atoms with Crippen LogP contribution < -0.4 is 11.2 Å². The van der Waals surface area contributed by atoms with Gasteiger partial charge in [-0.15, -0.1) is 0 Å². The highest BCUT2D eigenvalue weighted by atomic mass is 35.5. The molecule has 1 fully saturated rings. The zero-order valence-corrected chi connectivity index (χ0v) is 19.0. The van der Waals surface area contributed by atoms with Crippen LogP contribution in [-0.4, -0.2) is 58.0 Å². The summed E-state index contributed by atoms with van der Waals surface area (Å²) in [6.07, 6.45) is 1.85. The van der Waals surface area contributed by atoms with Crippen molar-refractivity contribution in [3.63, 3.8) is 0 Å². The SMILES string of the molecule is NN(Cc1ccccc1Cl)C(=O)C(Cc1c[nH]c2ccccc12)C(=O)CN1CC(=O)NCC1=O. The Balaban J connectivity index is 1.59. The third-order valence-corrected chi connectivity index (χ3v) is 6.21. The molecule has 9 nitrogen and oxygen atoms in total. The summed E-state index contributed by atoms with van der Waals surface area (Å²) in [6.45, 7) is -0.751. The Morgan fingerprint density at radius 1 is 1.09 bits per heavy atom. The van der Waals surface area contributed by atoms with Crippen LogP contribution in [0.5, 0.6) is 0 Å². The van der Waals surface area contributed by atoms with Gasteiger partial charge in [0.05, 0.1) is 19.6 Å². The Hall–Kier alpha value is -3.69. The fraction of sp³-hybridized carbons (Fsp3) is 0.250. The van der Waals surface area contributed by atoms with Gasteiger partial charge in [-0.2, -0.15) is 0 Å². The zero-order valence-electron chi connectivity index (χ0n) is 18.3. The summed E-state index contributed by atoms with van der Waals surface area (Å²) in [7, 11) is 0. The van der Waals surface area contributed by atoms with E-state index >= 15 is 0 Å². The van der Waals surface area contributed by atoms with Gasteiger partial charge in [0.1, 0.15) is 12.5 Å². The van der Waals surface area contributed by atoms with Crippen molar-refractivity contribution in [3.8, 4) is 0 Å². The van der Waals surface area contributed by atoms with Crippen LogP contribution in [0.15, 0.2) is 54.7 Å². The number of halogens is 1. The number of para-hydroxylation sites is 1. The van der Waals surface area contributed by atoms with Gasteiger partial charge in [-0.1, -0.05) is 48.0 Å². The number of ketones is 1. The van der Waals surface area contributed by atoms with Crippen LogP contribution in [0.1, 0.15) is 11.1 Å². The number of fused-ring (bicyclic) bond motifs is 1. The van der Waals surface area contributed by atoms with Gasteiger partial charge < -0.3 is 15.2 Å². The van der Waals surface area contributed by atoms with E-state index in [1.165, 1.54) is 0 Å². The van der Waals surface area contributed by atoms with Gasteiger partial charge in [-0.3, -0.25) is 24.2 Å². The molecular formula is C24H24ClN5O4. The molecule has 1 aromatic heterocycles. The largest absolute Gasteiger partial charge is 0.361 e. The Morgan fingerprint density at radius 2 is 1.82 bits per heavy atom. The molecule has 0 saturated carbocycles. The highest BCUT2D eigenvalue weighted by molar-refractivity contribution is 6.31. The molecule has 4 rings (SSSR count). The number of aromatic amines is 1. The molecule has 1 unspecified atom stereocenters. The number of rotatable bonds is 8. The molecule has 0 radical (unpaired) electrons. The van der Waals surface area contributed by atoms with Crippen molar-refractivity contribution in [1.82, 2.24) is 20.2 Å². The molecule has 2 aromatic carbocycles. The molecule has 0 bridgehead atoms. The number of amides is 3. The Bertz CT molecular complexity index is 1260. The number of hydrogen-bond donors (Lipinski definition) is 3. The summed E-state index contributed by atoms with van der Waals surface area (Å²) < 4.78 is 0. The van der Waals surface area contributed by atoms with Gasteiger partial charge in [-0.25, -0.2) is 5.84 Å². The minimum atomic E-state index is -1.15. The summed E-state index contributed by atoms with van der Waals surface area (Å²) in [6, 6.07) is 14.5. The number of aromatic nitrogens is 1. The Morgan fingerprint density at radius 3 is 2.62 bits per heavy atom. The van der Waals surface area contributed by atoms with Gasteiger partial charge >= 0.3 is 0 Å². The summed E-state index contributed by atoms with van der Waals surface area (Å²) in [5.41, 5.74) is 2.29. The monoisotopic (exact) mass is 481 g/mol. The third-order valence-electron chi connectivity index (χ3n) is 5.84. The number of nitrogens with zero attached hydrogens (tertiary/aromatic N) is 2. The highest BCUT2D eigenvalue weighted by Gasteiger charge is 2.34. The maximum absolute atomic E-state index is 13.4. The average molecular weight is 482 g/mol. The molecule has 1 atom stereocenters. The summed E-state index contributed by atoms with van der Waals surface area (Å²) in [4.78, 5) is 54.9. The standard InChI is InChI=1S/C24H24ClN5O4/c25-19-7-3-1-5-15(19)12-30(26)24(34)18(9-16-10-27-20-8-4-2-6-17(16)20)21(31)13-29-14-22(32)28-11-23(29)33/h1-8,10,18,27H,9,11-14,26H2,(H,28,32). The summed E-state index contributed by atoms with van der Waals surface area (Å²) in [5, 5.41) is 4.76. The molecule has 0 spiro atoms. The second kappa shape index (κ2) is 10.1. The molecular weight excluding hydrogens is 458 g/mol. The van der Waals surface area contributed by atoms with Crippen LogP contribution in [0, 0.1) is 5.92 Å². The second-order valence-electron chi connectivity index (χ2n) is 8.17. The van der Waals surface area contributed by atoms with Crippen LogP contribution in [0.2, 0.25) is 5.02 Å². The lowest BCUT2D eigenvalue weighted by Crippen LogP contribution is -2.54. The number of Topliss-reactive ketones (excluding diaryl/α,β-unsaturated/α-hetero) is 1. The van der Waals surface area contributed by atoms with Gasteiger partial charge in [0.25, 0.3) is 0 Å². The number of nitrogens with one attached hydrogen (secondary N) is 2. The molecule has 176 valence electrons. The van der Waals surface area contributed by atoms with Crippen molar-refractivity contribution in [2.75, 3.05) is 19.6 Å². The van der Waals surface area contributed by atoms with Crippen LogP contribution >= 0.6 is 11.6 Å². The van der Waals surface area contributed by atoms with Crippen LogP contribution in [0.3, 0.4) is 0 Å². The first kappa shape index (κ1) is 23.5. The first-order valence-electron chi connectivity index (χ1n) is 10.7. The topological polar surface area (TPSA) is 129 Å². The molecule has 0 aliphatic carbocycles. The van der Waals surface area contributed by atoms with E-state index in [9.17, 15) is 19.2 Å². The fourth-order valence-corrected chi connectivity index (χ4v) is 4.19. The third kappa shape index (κ3) is 5.11. The molecule has 34 heavy (non-hydrogen) atoms. The van der Waals surface area contributed by atoms with Crippen molar-refractivity contribution < 1.29 is 19.2 Å². The van der Waals surface area contributed by atoms with Crippen LogP contribution in [-0.2, 0) is 32.1 Å². The van der Waals surface area contributed by atoms with E-state index in [4.69, 9.17) is 17.4 Å². The molecule has 10 heteroatoms. The maximum atomic E-state index is 13.4. The van der Waals surface area contributed by atoms with Crippen LogP contribution in [0.25, 0.3) is 10.9 Å². The van der Waals surface area contributed by atoms with Crippen molar-refractivity contribution in [3.05, 3.63) is 70.9 Å². The molecule has 3 aromatic rings. The fourth-order valence-electron chi connectivity index (χ4n) is 3.99. The summed E-state index contributed by atoms with van der Waals surface area (Å²) in [5.74, 6) is 3.13. The lowest BCUT2D eigenvalue weighted by Gasteiger charge is -2.28. The molecule has 1 saturated heterocycles. The first-order chi connectivity index (χ1) is 16.3. The number of piperazine rings is 1. The minimum absolute atomic E-state index is 0.0151. The van der Waals surface area contributed by atoms with E-state index in [1.54, 1.807) is 30.5 Å². The van der Waals surface area contributed by atoms with Gasteiger partial charge in [0.15, 0.2) is 5.78 Å². The van der Waals surface area contributed by atoms with Crippen LogP contribution in [0.4, 0.5) is 0 Å². The van der Waals surface area contributed by atoms with Crippen molar-refractivity contribution in [2.45, 2.75) is 13.0 Å². The zero-order chi connectivity index (χ0) is 24.2. The normalized spacial score (nSPS) is 14.7. The van der Waals surface area contributed by atoms with Crippen molar-refractivity contribution >= 4 is 46.0 Å². The highest BCUT2D eigenvalue weighted by Crippen LogP contribution is 2.23. The number of carbonyl (C=O) groups is 4. The predicted molar refractivity (Wildman–Crippen MR) is 126 cm³/mol. The second-order valence-corrected chi connectivity index (χ2v) is 8.57. The molecule has 4 N–H and O–H groups in total. The van der Waals surface area contributed by atoms with E-state index in [-0.39, 0.29) is 44.4 Å². The number of carbonyl (C=O) groups excluding carboxylic acids is 4. The van der Waals surface area contributed by atoms with Crippen molar-refractivity contribution in [1.29, 1.82) is 0 Å².